The summed E-state index contributed by atoms with van der Waals surface area (Å²) in [6, 6.07) is 9.32. The molecule has 2 aromatic carbocycles. The summed E-state index contributed by atoms with van der Waals surface area (Å²) in [7, 11) is 1.45. The Bertz CT molecular complexity index is 1210. The summed E-state index contributed by atoms with van der Waals surface area (Å²) in [6.07, 6.45) is 5.74. The zero-order valence-corrected chi connectivity index (χ0v) is 24.0. The summed E-state index contributed by atoms with van der Waals surface area (Å²) >= 11 is 12.4. The van der Waals surface area contributed by atoms with E-state index in [1.165, 1.54) is 18.7 Å². The number of halogens is 4. The van der Waals surface area contributed by atoms with Crippen LogP contribution < -0.4 is 9.47 Å². The van der Waals surface area contributed by atoms with Crippen LogP contribution in [0.1, 0.15) is 74.6 Å². The van der Waals surface area contributed by atoms with Gasteiger partial charge in [-0.25, -0.2) is 0 Å². The molecule has 39 heavy (non-hydrogen) atoms. The predicted octanol–water partition coefficient (Wildman–Crippen LogP) is 7.82. The second-order valence-electron chi connectivity index (χ2n) is 11.2. The van der Waals surface area contributed by atoms with Gasteiger partial charge in [0.05, 0.1) is 18.1 Å². The molecule has 5 nitrogen and oxygen atoms in total. The molecule has 2 fully saturated rings. The summed E-state index contributed by atoms with van der Waals surface area (Å²) < 4.78 is 42.8. The molecule has 5 rings (SSSR count). The molecule has 3 aliphatic rings. The van der Waals surface area contributed by atoms with E-state index in [1.54, 1.807) is 6.07 Å². The van der Waals surface area contributed by atoms with E-state index < -0.39 is 6.61 Å². The fourth-order valence-electron chi connectivity index (χ4n) is 6.46. The SMILES string of the molecule is COC(=O)[C@H](C)[C@H](c1ccc2c(c1)OC1(CC2)CCN([C@H](C)c2cc(Cl)cc(Cl)c2OC(F)F)CC1)C1CC1. The van der Waals surface area contributed by atoms with Crippen molar-refractivity contribution >= 4 is 29.2 Å². The lowest BCUT2D eigenvalue weighted by Crippen LogP contribution is -2.50. The minimum Gasteiger partial charge on any atom is -0.487 e. The third-order valence-corrected chi connectivity index (χ3v) is 9.34. The Morgan fingerprint density at radius 3 is 2.46 bits per heavy atom. The maximum absolute atomic E-state index is 13.1. The number of benzene rings is 2. The molecule has 3 atom stereocenters. The number of hydrogen-bond donors (Lipinski definition) is 0. The molecule has 0 amide bonds. The molecule has 0 unspecified atom stereocenters. The molecular formula is C30H35Cl2F2NO4. The van der Waals surface area contributed by atoms with Gasteiger partial charge in [-0.2, -0.15) is 8.78 Å². The Hall–Kier alpha value is -2.09. The number of nitrogens with zero attached hydrogens (tertiary/aromatic N) is 1. The lowest BCUT2D eigenvalue weighted by atomic mass is 9.80. The summed E-state index contributed by atoms with van der Waals surface area (Å²) in [6.45, 7) is 2.41. The van der Waals surface area contributed by atoms with Gasteiger partial charge in [0.2, 0.25) is 0 Å². The maximum Gasteiger partial charge on any atom is 0.387 e. The zero-order valence-electron chi connectivity index (χ0n) is 22.5. The molecule has 2 aromatic rings. The van der Waals surface area contributed by atoms with Crippen LogP contribution in [0.4, 0.5) is 8.78 Å². The van der Waals surface area contributed by atoms with E-state index in [1.807, 2.05) is 13.8 Å². The minimum atomic E-state index is -2.98. The van der Waals surface area contributed by atoms with E-state index in [0.29, 0.717) is 16.5 Å². The number of aryl methyl sites for hydroxylation is 1. The highest BCUT2D eigenvalue weighted by Gasteiger charge is 2.43. The Kier molecular flexibility index (Phi) is 8.33. The van der Waals surface area contributed by atoms with E-state index in [4.69, 9.17) is 37.4 Å². The Balaban J connectivity index is 1.31. The van der Waals surface area contributed by atoms with Crippen LogP contribution in [0.15, 0.2) is 30.3 Å². The highest BCUT2D eigenvalue weighted by molar-refractivity contribution is 6.35. The number of alkyl halides is 2. The van der Waals surface area contributed by atoms with Crippen LogP contribution in [0.2, 0.25) is 10.0 Å². The average molecular weight is 583 g/mol. The molecule has 0 aromatic heterocycles. The van der Waals surface area contributed by atoms with Gasteiger partial charge in [-0.15, -0.1) is 0 Å². The monoisotopic (exact) mass is 581 g/mol. The van der Waals surface area contributed by atoms with Crippen molar-refractivity contribution in [1.29, 1.82) is 0 Å². The van der Waals surface area contributed by atoms with Gasteiger partial charge in [0, 0.05) is 29.7 Å². The second kappa shape index (κ2) is 11.4. The predicted molar refractivity (Wildman–Crippen MR) is 147 cm³/mol. The van der Waals surface area contributed by atoms with Crippen molar-refractivity contribution in [3.63, 3.8) is 0 Å². The van der Waals surface area contributed by atoms with Gasteiger partial charge < -0.3 is 14.2 Å². The largest absolute Gasteiger partial charge is 0.487 e. The van der Waals surface area contributed by atoms with E-state index in [-0.39, 0.29) is 40.2 Å². The average Bonchev–Trinajstić information content (AvgIpc) is 3.74. The van der Waals surface area contributed by atoms with E-state index in [9.17, 15) is 13.6 Å². The Morgan fingerprint density at radius 2 is 1.82 bits per heavy atom. The first-order valence-electron chi connectivity index (χ1n) is 13.7. The van der Waals surface area contributed by atoms with Gasteiger partial charge >= 0.3 is 12.6 Å². The third-order valence-electron chi connectivity index (χ3n) is 8.85. The maximum atomic E-state index is 13.1. The molecule has 1 spiro atoms. The lowest BCUT2D eigenvalue weighted by Gasteiger charge is -2.46. The van der Waals surface area contributed by atoms with Gasteiger partial charge in [0.1, 0.15) is 17.1 Å². The standard InChI is InChI=1S/C30H35Cl2F2NO4/c1-17(28(36)37-3)26(20-5-6-20)21-7-4-19-8-9-30(39-25(19)14-21)10-12-35(13-11-30)18(2)23-15-22(31)16-24(32)27(23)38-29(33)34/h4,7,14-18,20,26,29H,5-6,8-13H2,1-3H3/t17-,18-,26+/m1/s1. The van der Waals surface area contributed by atoms with Crippen LogP contribution >= 0.6 is 23.2 Å². The molecule has 9 heteroatoms. The van der Waals surface area contributed by atoms with Crippen molar-refractivity contribution in [2.45, 2.75) is 76.5 Å². The summed E-state index contributed by atoms with van der Waals surface area (Å²) in [4.78, 5) is 14.6. The van der Waals surface area contributed by atoms with Crippen LogP contribution in [0.3, 0.4) is 0 Å². The van der Waals surface area contributed by atoms with Gasteiger partial charge in [-0.3, -0.25) is 9.69 Å². The number of carbonyl (C=O) groups excluding carboxylic acids is 1. The van der Waals surface area contributed by atoms with Crippen LogP contribution in [-0.2, 0) is 16.0 Å². The second-order valence-corrected chi connectivity index (χ2v) is 12.1. The van der Waals surface area contributed by atoms with Crippen molar-refractivity contribution in [1.82, 2.24) is 4.90 Å². The molecule has 1 aliphatic carbocycles. The van der Waals surface area contributed by atoms with Crippen LogP contribution in [0.25, 0.3) is 0 Å². The Labute approximate surface area is 238 Å². The van der Waals surface area contributed by atoms with Gasteiger partial charge in [-0.05, 0) is 86.6 Å². The van der Waals surface area contributed by atoms with Crippen LogP contribution in [0.5, 0.6) is 11.5 Å². The minimum absolute atomic E-state index is 0.0226. The number of hydrogen-bond acceptors (Lipinski definition) is 5. The molecular weight excluding hydrogens is 547 g/mol. The third kappa shape index (κ3) is 6.01. The number of rotatable bonds is 8. The quantitative estimate of drug-likeness (QED) is 0.297. The highest BCUT2D eigenvalue weighted by atomic mass is 35.5. The first-order valence-corrected chi connectivity index (χ1v) is 14.4. The molecule has 212 valence electrons. The van der Waals surface area contributed by atoms with E-state index in [0.717, 1.165) is 62.9 Å². The van der Waals surface area contributed by atoms with Gasteiger partial charge in [0.25, 0.3) is 0 Å². The highest BCUT2D eigenvalue weighted by Crippen LogP contribution is 2.49. The summed E-state index contributed by atoms with van der Waals surface area (Å²) in [5, 5.41) is 0.457. The zero-order chi connectivity index (χ0) is 27.9. The molecule has 2 heterocycles. The molecule has 0 radical (unpaired) electrons. The lowest BCUT2D eigenvalue weighted by molar-refractivity contribution is -0.145. The molecule has 0 N–H and O–H groups in total. The molecule has 1 saturated heterocycles. The first-order chi connectivity index (χ1) is 18.6. The normalized spacial score (nSPS) is 21.1. The smallest absolute Gasteiger partial charge is 0.387 e. The molecule has 0 bridgehead atoms. The fourth-order valence-corrected chi connectivity index (χ4v) is 7.01. The summed E-state index contributed by atoms with van der Waals surface area (Å²) in [5.41, 5.74) is 2.61. The summed E-state index contributed by atoms with van der Waals surface area (Å²) in [5.74, 6) is 1.13. The molecule has 2 aliphatic heterocycles. The number of methoxy groups -OCH3 is 1. The number of carbonyl (C=O) groups is 1. The molecule has 1 saturated carbocycles. The van der Waals surface area contributed by atoms with E-state index in [2.05, 4.69) is 23.1 Å². The van der Waals surface area contributed by atoms with Crippen molar-refractivity contribution in [2.75, 3.05) is 20.2 Å². The number of likely N-dealkylation sites (tertiary alicyclic amines) is 1. The van der Waals surface area contributed by atoms with Crippen molar-refractivity contribution in [3.8, 4) is 11.5 Å². The van der Waals surface area contributed by atoms with Gasteiger partial charge in [0.15, 0.2) is 0 Å². The number of piperidine rings is 1. The topological polar surface area (TPSA) is 48.0 Å². The first kappa shape index (κ1) is 28.4. The van der Waals surface area contributed by atoms with Crippen molar-refractivity contribution in [3.05, 3.63) is 57.1 Å². The van der Waals surface area contributed by atoms with Crippen LogP contribution in [0, 0.1) is 11.8 Å². The van der Waals surface area contributed by atoms with Crippen molar-refractivity contribution in [2.24, 2.45) is 11.8 Å². The number of esters is 1. The number of ether oxygens (including phenoxy) is 3. The van der Waals surface area contributed by atoms with Gasteiger partial charge in [-0.1, -0.05) is 42.3 Å². The van der Waals surface area contributed by atoms with E-state index >= 15 is 0 Å². The van der Waals surface area contributed by atoms with Crippen LogP contribution in [-0.4, -0.2) is 43.3 Å². The fraction of sp³-hybridized carbons (Fsp3) is 0.567. The van der Waals surface area contributed by atoms with Crippen molar-refractivity contribution < 1.29 is 27.8 Å². The number of fused-ring (bicyclic) bond motifs is 1. The Morgan fingerprint density at radius 1 is 1.10 bits per heavy atom.